The molecule has 1 amide bonds. The maximum atomic E-state index is 14.2. The van der Waals surface area contributed by atoms with E-state index in [1.807, 2.05) is 38.1 Å². The lowest BCUT2D eigenvalue weighted by Crippen LogP contribution is -2.41. The van der Waals surface area contributed by atoms with Gasteiger partial charge in [0, 0.05) is 11.6 Å². The number of esters is 1. The Bertz CT molecular complexity index is 1730. The van der Waals surface area contributed by atoms with Gasteiger partial charge in [0.25, 0.3) is 11.5 Å². The van der Waals surface area contributed by atoms with E-state index in [1.54, 1.807) is 36.9 Å². The van der Waals surface area contributed by atoms with Crippen LogP contribution in [-0.4, -0.2) is 35.9 Å². The summed E-state index contributed by atoms with van der Waals surface area (Å²) in [7, 11) is 0. The van der Waals surface area contributed by atoms with Crippen LogP contribution >= 0.6 is 11.3 Å². The Morgan fingerprint density at radius 3 is 2.68 bits per heavy atom. The van der Waals surface area contributed by atoms with Crippen LogP contribution in [0, 0.1) is 0 Å². The number of fused-ring (bicyclic) bond motifs is 3. The monoisotopic (exact) mass is 531 g/mol. The van der Waals surface area contributed by atoms with Crippen LogP contribution in [0.1, 0.15) is 44.9 Å². The zero-order valence-electron chi connectivity index (χ0n) is 21.3. The van der Waals surface area contributed by atoms with Crippen molar-refractivity contribution in [1.82, 2.24) is 4.57 Å². The second kappa shape index (κ2) is 8.98. The Morgan fingerprint density at radius 2 is 1.92 bits per heavy atom. The van der Waals surface area contributed by atoms with E-state index in [0.29, 0.717) is 38.7 Å². The molecule has 10 heteroatoms. The smallest absolute Gasteiger partial charge is 0.338 e. The third-order valence-electron chi connectivity index (χ3n) is 6.81. The van der Waals surface area contributed by atoms with Gasteiger partial charge < -0.3 is 19.1 Å². The highest BCUT2D eigenvalue weighted by Crippen LogP contribution is 2.39. The molecule has 9 nitrogen and oxygen atoms in total. The van der Waals surface area contributed by atoms with E-state index in [0.717, 1.165) is 17.0 Å². The van der Waals surface area contributed by atoms with E-state index >= 15 is 0 Å². The van der Waals surface area contributed by atoms with Crippen molar-refractivity contribution in [1.29, 1.82) is 0 Å². The Morgan fingerprint density at radius 1 is 1.16 bits per heavy atom. The quantitative estimate of drug-likeness (QED) is 0.480. The average molecular weight is 532 g/mol. The van der Waals surface area contributed by atoms with Crippen LogP contribution < -0.4 is 29.3 Å². The minimum atomic E-state index is -0.817. The van der Waals surface area contributed by atoms with Gasteiger partial charge in [-0.2, -0.15) is 0 Å². The topological polar surface area (TPSA) is 99.4 Å². The molecule has 3 aliphatic rings. The van der Waals surface area contributed by atoms with Gasteiger partial charge in [0.05, 0.1) is 35.2 Å². The van der Waals surface area contributed by atoms with Crippen molar-refractivity contribution < 1.29 is 23.8 Å². The normalized spacial score (nSPS) is 19.0. The van der Waals surface area contributed by atoms with Gasteiger partial charge in [-0.25, -0.2) is 9.79 Å². The number of nitrogens with zero attached hydrogens (tertiary/aromatic N) is 3. The number of carbonyl (C=O) groups is 2. The average Bonchev–Trinajstić information content (AvgIpc) is 3.56. The minimum Gasteiger partial charge on any atom is -0.463 e. The maximum Gasteiger partial charge on any atom is 0.338 e. The summed E-state index contributed by atoms with van der Waals surface area (Å²) in [5, 5.41) is 0. The summed E-state index contributed by atoms with van der Waals surface area (Å²) in [5.41, 5.74) is 2.78. The summed E-state index contributed by atoms with van der Waals surface area (Å²) < 4.78 is 18.2. The number of aromatic nitrogens is 1. The van der Waals surface area contributed by atoms with Gasteiger partial charge in [0.15, 0.2) is 16.3 Å². The molecule has 0 aliphatic carbocycles. The molecular weight excluding hydrogens is 506 g/mol. The largest absolute Gasteiger partial charge is 0.463 e. The summed E-state index contributed by atoms with van der Waals surface area (Å²) >= 11 is 1.15. The van der Waals surface area contributed by atoms with E-state index < -0.39 is 17.6 Å². The Hall–Kier alpha value is -4.18. The summed E-state index contributed by atoms with van der Waals surface area (Å²) in [6.45, 7) is 7.60. The molecule has 1 atom stereocenters. The Balaban J connectivity index is 1.64. The zero-order valence-corrected chi connectivity index (χ0v) is 22.1. The number of hydrogen-bond acceptors (Lipinski definition) is 8. The van der Waals surface area contributed by atoms with E-state index in [4.69, 9.17) is 14.2 Å². The fraction of sp³-hybridized carbons (Fsp3) is 0.286. The lowest BCUT2D eigenvalue weighted by atomic mass is 9.95. The lowest BCUT2D eigenvalue weighted by Gasteiger charge is -2.24. The Labute approximate surface area is 221 Å². The van der Waals surface area contributed by atoms with Gasteiger partial charge in [-0.05, 0) is 51.5 Å². The van der Waals surface area contributed by atoms with E-state index in [2.05, 4.69) is 4.99 Å². The van der Waals surface area contributed by atoms with Gasteiger partial charge in [-0.1, -0.05) is 35.6 Å². The van der Waals surface area contributed by atoms with Crippen molar-refractivity contribution in [3.05, 3.63) is 84.5 Å². The van der Waals surface area contributed by atoms with Crippen molar-refractivity contribution in [3.63, 3.8) is 0 Å². The lowest BCUT2D eigenvalue weighted by molar-refractivity contribution is -0.139. The summed E-state index contributed by atoms with van der Waals surface area (Å²) in [6, 6.07) is 11.9. The molecule has 3 aromatic rings. The van der Waals surface area contributed by atoms with Crippen LogP contribution in [0.5, 0.6) is 11.5 Å². The van der Waals surface area contributed by atoms with E-state index in [9.17, 15) is 14.4 Å². The van der Waals surface area contributed by atoms with Crippen LogP contribution in [0.25, 0.3) is 5.57 Å². The van der Waals surface area contributed by atoms with Gasteiger partial charge >= 0.3 is 5.97 Å². The first kappa shape index (κ1) is 24.2. The molecule has 0 saturated heterocycles. The predicted octanol–water partition coefficient (Wildman–Crippen LogP) is 2.65. The van der Waals surface area contributed by atoms with Gasteiger partial charge in [0.1, 0.15) is 4.53 Å². The molecule has 0 radical (unpaired) electrons. The van der Waals surface area contributed by atoms with Crippen molar-refractivity contribution in [2.24, 2.45) is 4.99 Å². The molecule has 0 unspecified atom stereocenters. The van der Waals surface area contributed by atoms with Crippen molar-refractivity contribution in [2.75, 3.05) is 18.3 Å². The van der Waals surface area contributed by atoms with Gasteiger partial charge in [0.2, 0.25) is 6.79 Å². The Kier molecular flexibility index (Phi) is 5.71. The molecule has 0 spiro atoms. The van der Waals surface area contributed by atoms with E-state index in [-0.39, 0.29) is 35.5 Å². The fourth-order valence-corrected chi connectivity index (χ4v) is 6.35. The molecular formula is C28H25N3O6S. The highest BCUT2D eigenvalue weighted by Gasteiger charge is 2.38. The molecule has 3 aliphatic heterocycles. The first-order chi connectivity index (χ1) is 18.3. The molecule has 0 N–H and O–H groups in total. The van der Waals surface area contributed by atoms with Crippen molar-refractivity contribution >= 4 is 34.5 Å². The molecule has 6 rings (SSSR count). The number of hydrogen-bond donors (Lipinski definition) is 0. The number of para-hydroxylation sites is 1. The van der Waals surface area contributed by atoms with Crippen LogP contribution in [0.15, 0.2) is 63.5 Å². The van der Waals surface area contributed by atoms with Crippen LogP contribution in [0.2, 0.25) is 0 Å². The predicted molar refractivity (Wildman–Crippen MR) is 141 cm³/mol. The number of anilines is 1. The zero-order chi connectivity index (χ0) is 26.7. The standard InChI is InChI=1S/C28H25N3O6S/c1-5-35-27(34)21-15(4)29-28-31(23(21)16-10-11-19-20(12-16)37-13-36-19)26(33)24(38-28)22-17-8-6-7-9-18(17)30(14(2)3)25(22)32/h6-12,14,23H,5,13H2,1-4H3/b24-22+/t23-/m0/s1. The number of benzene rings is 2. The summed E-state index contributed by atoms with van der Waals surface area (Å²) in [4.78, 5) is 47.8. The fourth-order valence-electron chi connectivity index (χ4n) is 5.21. The second-order valence-corrected chi connectivity index (χ2v) is 10.4. The van der Waals surface area contributed by atoms with Gasteiger partial charge in [-0.3, -0.25) is 14.2 Å². The molecule has 0 bridgehead atoms. The van der Waals surface area contributed by atoms with Crippen LogP contribution in [0.4, 0.5) is 5.69 Å². The van der Waals surface area contributed by atoms with Crippen molar-refractivity contribution in [3.8, 4) is 11.5 Å². The maximum absolute atomic E-state index is 14.2. The third kappa shape index (κ3) is 3.51. The van der Waals surface area contributed by atoms with E-state index in [1.165, 1.54) is 4.57 Å². The first-order valence-electron chi connectivity index (χ1n) is 12.4. The number of amides is 1. The SMILES string of the molecule is CCOC(=O)C1=C(C)N=c2s/c(=C3/C(=O)N(C(C)C)c4ccccc43)c(=O)n2[C@H]1c1ccc2c(c1)OCO2. The number of ether oxygens (including phenoxy) is 3. The number of thiazole rings is 1. The molecule has 194 valence electrons. The van der Waals surface area contributed by atoms with Crippen LogP contribution in [-0.2, 0) is 14.3 Å². The van der Waals surface area contributed by atoms with Crippen molar-refractivity contribution in [2.45, 2.75) is 39.8 Å². The summed E-state index contributed by atoms with van der Waals surface area (Å²) in [6.07, 6.45) is 0. The van der Waals surface area contributed by atoms with Gasteiger partial charge in [-0.15, -0.1) is 0 Å². The minimum absolute atomic E-state index is 0.0936. The number of rotatable bonds is 4. The number of allylic oxidation sites excluding steroid dienone is 1. The number of carbonyl (C=O) groups excluding carboxylic acids is 2. The highest BCUT2D eigenvalue weighted by molar-refractivity contribution is 7.07. The summed E-state index contributed by atoms with van der Waals surface area (Å²) in [5.74, 6) is 0.330. The molecule has 2 aromatic carbocycles. The molecule has 1 aromatic heterocycles. The second-order valence-electron chi connectivity index (χ2n) is 9.40. The molecule has 4 heterocycles. The molecule has 38 heavy (non-hydrogen) atoms. The first-order valence-corrected chi connectivity index (χ1v) is 13.2. The highest BCUT2D eigenvalue weighted by atomic mass is 32.1. The molecule has 0 fully saturated rings. The molecule has 0 saturated carbocycles. The third-order valence-corrected chi connectivity index (χ3v) is 7.87. The van der Waals surface area contributed by atoms with Crippen LogP contribution in [0.3, 0.4) is 0 Å².